The van der Waals surface area contributed by atoms with Gasteiger partial charge in [0.25, 0.3) is 20.0 Å². The number of rotatable bonds is 4. The predicted molar refractivity (Wildman–Crippen MR) is 111 cm³/mol. The zero-order valence-corrected chi connectivity index (χ0v) is 17.3. The van der Waals surface area contributed by atoms with Gasteiger partial charge in [0.1, 0.15) is 5.75 Å². The highest BCUT2D eigenvalue weighted by molar-refractivity contribution is 7.93. The molecule has 4 rings (SSSR count). The Bertz CT molecular complexity index is 1320. The number of nitrogens with one attached hydrogen (secondary N) is 2. The molecule has 2 N–H and O–H groups in total. The summed E-state index contributed by atoms with van der Waals surface area (Å²) in [7, 11) is -6.19. The fourth-order valence-electron chi connectivity index (χ4n) is 3.20. The summed E-state index contributed by atoms with van der Waals surface area (Å²) in [5, 5.41) is 0. The van der Waals surface area contributed by atoms with Crippen molar-refractivity contribution in [3.63, 3.8) is 0 Å². The Morgan fingerprint density at radius 2 is 1.66 bits per heavy atom. The summed E-state index contributed by atoms with van der Waals surface area (Å²) in [5.74, 6) is 0.210. The number of ether oxygens (including phenoxy) is 1. The van der Waals surface area contributed by atoms with Crippen LogP contribution in [0, 0.1) is 6.92 Å². The van der Waals surface area contributed by atoms with Crippen molar-refractivity contribution in [2.75, 3.05) is 16.6 Å². The van der Waals surface area contributed by atoms with Crippen molar-refractivity contribution in [3.05, 3.63) is 66.2 Å². The van der Waals surface area contributed by atoms with Crippen LogP contribution in [-0.2, 0) is 20.0 Å². The topological polar surface area (TPSA) is 102 Å². The van der Waals surface area contributed by atoms with Gasteiger partial charge in [-0.3, -0.25) is 9.44 Å². The first-order chi connectivity index (χ1) is 13.7. The molecular weight excluding hydrogens is 412 g/mol. The summed E-state index contributed by atoms with van der Waals surface area (Å²) in [6.45, 7) is 1.87. The van der Waals surface area contributed by atoms with Crippen LogP contribution in [0.2, 0.25) is 0 Å². The van der Waals surface area contributed by atoms with Gasteiger partial charge in [0.05, 0.1) is 28.3 Å². The molecule has 0 bridgehead atoms. The SMILES string of the molecule is COc1cc(NS(=O)(=O)c2ccc(C)cc2)cc2c1NS(=O)(=O)c1ccccc1-2. The Kier molecular flexibility index (Phi) is 4.51. The van der Waals surface area contributed by atoms with E-state index in [4.69, 9.17) is 4.74 Å². The fourth-order valence-corrected chi connectivity index (χ4v) is 5.55. The summed E-state index contributed by atoms with van der Waals surface area (Å²) < 4.78 is 61.0. The lowest BCUT2D eigenvalue weighted by molar-refractivity contribution is 0.417. The molecule has 0 aliphatic carbocycles. The highest BCUT2D eigenvalue weighted by Crippen LogP contribution is 2.45. The van der Waals surface area contributed by atoms with E-state index in [9.17, 15) is 16.8 Å². The van der Waals surface area contributed by atoms with Crippen molar-refractivity contribution in [3.8, 4) is 16.9 Å². The average molecular weight is 431 g/mol. The number of hydrogen-bond donors (Lipinski definition) is 2. The van der Waals surface area contributed by atoms with Crippen LogP contribution < -0.4 is 14.2 Å². The maximum atomic E-state index is 12.8. The number of benzene rings is 3. The second-order valence-electron chi connectivity index (χ2n) is 6.62. The smallest absolute Gasteiger partial charge is 0.262 e. The second kappa shape index (κ2) is 6.78. The van der Waals surface area contributed by atoms with Crippen molar-refractivity contribution in [1.29, 1.82) is 0 Å². The van der Waals surface area contributed by atoms with E-state index < -0.39 is 20.0 Å². The standard InChI is InChI=1S/C20H18N2O5S2/c1-13-7-9-15(10-8-13)28(23,24)21-14-11-17-16-5-3-4-6-19(16)29(25,26)22-20(17)18(12-14)27-2/h3-12,21-22H,1-2H3. The molecule has 0 spiro atoms. The predicted octanol–water partition coefficient (Wildman–Crippen LogP) is 3.59. The summed E-state index contributed by atoms with van der Waals surface area (Å²) in [4.78, 5) is 0.244. The average Bonchev–Trinajstić information content (AvgIpc) is 2.68. The van der Waals surface area contributed by atoms with Gasteiger partial charge < -0.3 is 4.74 Å². The van der Waals surface area contributed by atoms with Crippen LogP contribution in [-0.4, -0.2) is 23.9 Å². The van der Waals surface area contributed by atoms with Gasteiger partial charge >= 0.3 is 0 Å². The Labute approximate surface area is 169 Å². The fraction of sp³-hybridized carbons (Fsp3) is 0.100. The lowest BCUT2D eigenvalue weighted by Crippen LogP contribution is -2.20. The van der Waals surface area contributed by atoms with Crippen LogP contribution >= 0.6 is 0 Å². The van der Waals surface area contributed by atoms with E-state index in [0.29, 0.717) is 11.1 Å². The van der Waals surface area contributed by atoms with Gasteiger partial charge in [-0.1, -0.05) is 35.9 Å². The highest BCUT2D eigenvalue weighted by atomic mass is 32.2. The molecule has 0 saturated heterocycles. The van der Waals surface area contributed by atoms with Crippen LogP contribution in [0.4, 0.5) is 11.4 Å². The molecule has 3 aromatic rings. The van der Waals surface area contributed by atoms with Crippen molar-refractivity contribution < 1.29 is 21.6 Å². The van der Waals surface area contributed by atoms with E-state index in [1.165, 1.54) is 31.4 Å². The summed E-state index contributed by atoms with van der Waals surface area (Å²) in [5.41, 5.74) is 2.47. The van der Waals surface area contributed by atoms with Gasteiger partial charge in [-0.25, -0.2) is 16.8 Å². The molecule has 0 unspecified atom stereocenters. The Balaban J connectivity index is 1.84. The van der Waals surface area contributed by atoms with Gasteiger partial charge in [0.15, 0.2) is 0 Å². The minimum Gasteiger partial charge on any atom is -0.494 e. The number of fused-ring (bicyclic) bond motifs is 3. The minimum absolute atomic E-state index is 0.119. The first-order valence-electron chi connectivity index (χ1n) is 8.65. The zero-order valence-electron chi connectivity index (χ0n) is 15.6. The largest absolute Gasteiger partial charge is 0.494 e. The second-order valence-corrected chi connectivity index (χ2v) is 9.95. The normalized spacial score (nSPS) is 14.3. The van der Waals surface area contributed by atoms with E-state index in [0.717, 1.165) is 5.56 Å². The molecule has 7 nitrogen and oxygen atoms in total. The number of methoxy groups -OCH3 is 1. The zero-order chi connectivity index (χ0) is 20.8. The van der Waals surface area contributed by atoms with Crippen LogP contribution in [0.3, 0.4) is 0 Å². The molecule has 0 radical (unpaired) electrons. The Morgan fingerprint density at radius 1 is 0.966 bits per heavy atom. The lowest BCUT2D eigenvalue weighted by Gasteiger charge is -2.24. The van der Waals surface area contributed by atoms with Crippen LogP contribution in [0.5, 0.6) is 5.75 Å². The van der Waals surface area contributed by atoms with E-state index in [1.54, 1.807) is 36.4 Å². The summed E-state index contributed by atoms with van der Waals surface area (Å²) >= 11 is 0. The first kappa shape index (κ1) is 19.3. The molecular formula is C20H18N2O5S2. The molecule has 0 atom stereocenters. The van der Waals surface area contributed by atoms with Crippen molar-refractivity contribution in [2.24, 2.45) is 0 Å². The lowest BCUT2D eigenvalue weighted by atomic mass is 10.0. The molecule has 1 aliphatic heterocycles. The third-order valence-electron chi connectivity index (χ3n) is 4.61. The van der Waals surface area contributed by atoms with E-state index in [-0.39, 0.29) is 26.9 Å². The van der Waals surface area contributed by atoms with Gasteiger partial charge in [-0.05, 0) is 31.2 Å². The number of aryl methyl sites for hydroxylation is 1. The van der Waals surface area contributed by atoms with E-state index in [2.05, 4.69) is 9.44 Å². The molecule has 0 fully saturated rings. The van der Waals surface area contributed by atoms with Crippen LogP contribution in [0.25, 0.3) is 11.1 Å². The summed E-state index contributed by atoms with van der Waals surface area (Å²) in [6, 6.07) is 16.0. The van der Waals surface area contributed by atoms with Crippen molar-refractivity contribution in [1.82, 2.24) is 0 Å². The molecule has 3 aromatic carbocycles. The number of hydrogen-bond acceptors (Lipinski definition) is 5. The molecule has 9 heteroatoms. The molecule has 0 aromatic heterocycles. The van der Waals surface area contributed by atoms with Crippen molar-refractivity contribution in [2.45, 2.75) is 16.7 Å². The maximum Gasteiger partial charge on any atom is 0.262 e. The van der Waals surface area contributed by atoms with E-state index >= 15 is 0 Å². The molecule has 0 amide bonds. The number of anilines is 2. The molecule has 1 heterocycles. The monoisotopic (exact) mass is 430 g/mol. The van der Waals surface area contributed by atoms with E-state index in [1.807, 2.05) is 6.92 Å². The molecule has 0 saturated carbocycles. The number of sulfonamides is 2. The van der Waals surface area contributed by atoms with Gasteiger partial charge in [-0.2, -0.15) is 0 Å². The van der Waals surface area contributed by atoms with Gasteiger partial charge in [-0.15, -0.1) is 0 Å². The maximum absolute atomic E-state index is 12.8. The minimum atomic E-state index is -3.83. The molecule has 1 aliphatic rings. The quantitative estimate of drug-likeness (QED) is 0.659. The Morgan fingerprint density at radius 3 is 2.34 bits per heavy atom. The van der Waals surface area contributed by atoms with Gasteiger partial charge in [0, 0.05) is 17.2 Å². The third kappa shape index (κ3) is 3.43. The van der Waals surface area contributed by atoms with Crippen LogP contribution in [0.15, 0.2) is 70.5 Å². The third-order valence-corrected chi connectivity index (χ3v) is 7.41. The van der Waals surface area contributed by atoms with Gasteiger partial charge in [0.2, 0.25) is 0 Å². The molecule has 29 heavy (non-hydrogen) atoms. The summed E-state index contributed by atoms with van der Waals surface area (Å²) in [6.07, 6.45) is 0. The first-order valence-corrected chi connectivity index (χ1v) is 11.6. The van der Waals surface area contributed by atoms with Crippen molar-refractivity contribution >= 4 is 31.4 Å². The van der Waals surface area contributed by atoms with Crippen LogP contribution in [0.1, 0.15) is 5.56 Å². The molecule has 150 valence electrons. The highest BCUT2D eigenvalue weighted by Gasteiger charge is 2.30. The Hall–Kier alpha value is -3.04.